The molecule has 0 amide bonds. The number of hydrogen-bond donors (Lipinski definition) is 1. The molecule has 2 aromatic rings. The monoisotopic (exact) mass is 271 g/mol. The Labute approximate surface area is 118 Å². The van der Waals surface area contributed by atoms with Gasteiger partial charge >= 0.3 is 0 Å². The first-order chi connectivity index (χ1) is 9.70. The number of benzene rings is 2. The molecule has 0 saturated heterocycles. The van der Waals surface area contributed by atoms with E-state index in [1.165, 1.54) is 17.2 Å². The third-order valence-corrected chi connectivity index (χ3v) is 4.05. The zero-order valence-electron chi connectivity index (χ0n) is 11.5. The van der Waals surface area contributed by atoms with Gasteiger partial charge < -0.3 is 10.0 Å². The highest BCUT2D eigenvalue weighted by atomic mass is 19.1. The van der Waals surface area contributed by atoms with Gasteiger partial charge in [0.15, 0.2) is 0 Å². The van der Waals surface area contributed by atoms with Crippen LogP contribution in [0.4, 0.5) is 10.1 Å². The summed E-state index contributed by atoms with van der Waals surface area (Å²) in [4.78, 5) is 2.11. The number of halogens is 1. The molecular formula is C17H18FNO. The molecule has 1 atom stereocenters. The van der Waals surface area contributed by atoms with Crippen molar-refractivity contribution in [2.24, 2.45) is 0 Å². The zero-order chi connectivity index (χ0) is 14.1. The largest absolute Gasteiger partial charge is 0.508 e. The molecule has 3 rings (SSSR count). The number of para-hydroxylation sites is 1. The zero-order valence-corrected chi connectivity index (χ0v) is 11.5. The summed E-state index contributed by atoms with van der Waals surface area (Å²) in [6, 6.07) is 12.6. The highest BCUT2D eigenvalue weighted by Crippen LogP contribution is 2.39. The summed E-state index contributed by atoms with van der Waals surface area (Å²) in [5.41, 5.74) is 3.03. The summed E-state index contributed by atoms with van der Waals surface area (Å²) in [6.07, 6.45) is 1.89. The minimum absolute atomic E-state index is 0.179. The van der Waals surface area contributed by atoms with Gasteiger partial charge in [-0.05, 0) is 55.2 Å². The minimum atomic E-state index is -0.179. The summed E-state index contributed by atoms with van der Waals surface area (Å²) < 4.78 is 14.0. The van der Waals surface area contributed by atoms with Gasteiger partial charge in [-0.2, -0.15) is 0 Å². The second kappa shape index (κ2) is 5.16. The Morgan fingerprint density at radius 2 is 2.05 bits per heavy atom. The Bertz CT molecular complexity index is 626. The Morgan fingerprint density at radius 1 is 1.25 bits per heavy atom. The van der Waals surface area contributed by atoms with Crippen molar-refractivity contribution in [2.45, 2.75) is 25.8 Å². The number of aryl methyl sites for hydroxylation is 1. The number of aromatic hydroxyl groups is 1. The normalized spacial score (nSPS) is 17.0. The molecule has 1 aliphatic carbocycles. The standard InChI is InChI=1S/C17H18FNO/c1-2-19(17-6-4-3-5-15(17)18)16-10-7-12-11-13(20)8-9-14(12)16/h3-6,8-9,11,16,20H,2,7,10H2,1H3. The van der Waals surface area contributed by atoms with Gasteiger partial charge in [0.25, 0.3) is 0 Å². The molecule has 1 unspecified atom stereocenters. The minimum Gasteiger partial charge on any atom is -0.508 e. The molecule has 20 heavy (non-hydrogen) atoms. The summed E-state index contributed by atoms with van der Waals surface area (Å²) in [5, 5.41) is 9.57. The maximum atomic E-state index is 14.0. The number of fused-ring (bicyclic) bond motifs is 1. The lowest BCUT2D eigenvalue weighted by Gasteiger charge is -2.31. The summed E-state index contributed by atoms with van der Waals surface area (Å²) in [5.74, 6) is 0.125. The van der Waals surface area contributed by atoms with Gasteiger partial charge in [-0.1, -0.05) is 18.2 Å². The number of nitrogens with zero attached hydrogens (tertiary/aromatic N) is 1. The Hall–Kier alpha value is -2.03. The van der Waals surface area contributed by atoms with E-state index in [-0.39, 0.29) is 11.9 Å². The van der Waals surface area contributed by atoms with Gasteiger partial charge in [0.2, 0.25) is 0 Å². The van der Waals surface area contributed by atoms with Crippen LogP contribution in [0.2, 0.25) is 0 Å². The fourth-order valence-corrected chi connectivity index (χ4v) is 3.15. The van der Waals surface area contributed by atoms with E-state index in [0.29, 0.717) is 11.4 Å². The molecule has 0 heterocycles. The van der Waals surface area contributed by atoms with E-state index in [1.54, 1.807) is 12.1 Å². The quantitative estimate of drug-likeness (QED) is 0.910. The first kappa shape index (κ1) is 13.0. The second-order valence-electron chi connectivity index (χ2n) is 5.18. The first-order valence-electron chi connectivity index (χ1n) is 7.03. The van der Waals surface area contributed by atoms with Gasteiger partial charge in [0.1, 0.15) is 11.6 Å². The molecule has 3 heteroatoms. The number of phenols is 1. The molecule has 0 fully saturated rings. The van der Waals surface area contributed by atoms with Crippen LogP contribution < -0.4 is 4.90 Å². The fourth-order valence-electron chi connectivity index (χ4n) is 3.15. The molecule has 0 radical (unpaired) electrons. The SMILES string of the molecule is CCN(c1ccccc1F)C1CCc2cc(O)ccc21. The molecule has 104 valence electrons. The van der Waals surface area contributed by atoms with Gasteiger partial charge in [-0.3, -0.25) is 0 Å². The topological polar surface area (TPSA) is 23.5 Å². The summed E-state index contributed by atoms with van der Waals surface area (Å²) in [7, 11) is 0. The summed E-state index contributed by atoms with van der Waals surface area (Å²) in [6.45, 7) is 2.80. The van der Waals surface area contributed by atoms with Crippen molar-refractivity contribution in [1.82, 2.24) is 0 Å². The third-order valence-electron chi connectivity index (χ3n) is 4.05. The predicted molar refractivity (Wildman–Crippen MR) is 78.6 cm³/mol. The van der Waals surface area contributed by atoms with Gasteiger partial charge in [0.05, 0.1) is 11.7 Å². The molecular weight excluding hydrogens is 253 g/mol. The Morgan fingerprint density at radius 3 is 2.80 bits per heavy atom. The fraction of sp³-hybridized carbons (Fsp3) is 0.294. The molecule has 2 nitrogen and oxygen atoms in total. The van der Waals surface area contributed by atoms with E-state index in [9.17, 15) is 9.50 Å². The Kier molecular flexibility index (Phi) is 3.35. The van der Waals surface area contributed by atoms with E-state index in [2.05, 4.69) is 4.90 Å². The number of hydrogen-bond acceptors (Lipinski definition) is 2. The van der Waals surface area contributed by atoms with Gasteiger partial charge in [-0.15, -0.1) is 0 Å². The van der Waals surface area contributed by atoms with Gasteiger partial charge in [0, 0.05) is 6.54 Å². The number of phenolic OH excluding ortho intramolecular Hbond substituents is 1. The lowest BCUT2D eigenvalue weighted by atomic mass is 10.1. The number of anilines is 1. The van der Waals surface area contributed by atoms with Crippen molar-refractivity contribution in [2.75, 3.05) is 11.4 Å². The molecule has 0 saturated carbocycles. The van der Waals surface area contributed by atoms with Crippen LogP contribution >= 0.6 is 0 Å². The van der Waals surface area contributed by atoms with Crippen LogP contribution in [0.5, 0.6) is 5.75 Å². The predicted octanol–water partition coefficient (Wildman–Crippen LogP) is 4.05. The van der Waals surface area contributed by atoms with Crippen LogP contribution in [-0.2, 0) is 6.42 Å². The molecule has 2 aromatic carbocycles. The van der Waals surface area contributed by atoms with Crippen LogP contribution in [-0.4, -0.2) is 11.7 Å². The van der Waals surface area contributed by atoms with Crippen LogP contribution in [0.15, 0.2) is 42.5 Å². The number of rotatable bonds is 3. The highest BCUT2D eigenvalue weighted by molar-refractivity contribution is 5.53. The molecule has 0 aromatic heterocycles. The second-order valence-corrected chi connectivity index (χ2v) is 5.18. The van der Waals surface area contributed by atoms with Crippen molar-refractivity contribution in [3.63, 3.8) is 0 Å². The van der Waals surface area contributed by atoms with Crippen molar-refractivity contribution < 1.29 is 9.50 Å². The van der Waals surface area contributed by atoms with Crippen LogP contribution in [0.3, 0.4) is 0 Å². The van der Waals surface area contributed by atoms with Crippen molar-refractivity contribution in [1.29, 1.82) is 0 Å². The summed E-state index contributed by atoms with van der Waals surface area (Å²) >= 11 is 0. The first-order valence-corrected chi connectivity index (χ1v) is 7.03. The van der Waals surface area contributed by atoms with Crippen molar-refractivity contribution in [3.05, 3.63) is 59.4 Å². The van der Waals surface area contributed by atoms with E-state index in [1.807, 2.05) is 31.2 Å². The highest BCUT2D eigenvalue weighted by Gasteiger charge is 2.28. The molecule has 1 N–H and O–H groups in total. The van der Waals surface area contributed by atoms with Crippen molar-refractivity contribution in [3.8, 4) is 5.75 Å². The van der Waals surface area contributed by atoms with Crippen LogP contribution in [0, 0.1) is 5.82 Å². The maximum absolute atomic E-state index is 14.0. The van der Waals surface area contributed by atoms with E-state index >= 15 is 0 Å². The van der Waals surface area contributed by atoms with Crippen LogP contribution in [0.25, 0.3) is 0 Å². The van der Waals surface area contributed by atoms with Crippen LogP contribution in [0.1, 0.15) is 30.5 Å². The maximum Gasteiger partial charge on any atom is 0.146 e. The van der Waals surface area contributed by atoms with Gasteiger partial charge in [-0.25, -0.2) is 4.39 Å². The molecule has 0 aliphatic heterocycles. The third kappa shape index (κ3) is 2.13. The molecule has 0 bridgehead atoms. The van der Waals surface area contributed by atoms with Crippen molar-refractivity contribution >= 4 is 5.69 Å². The average Bonchev–Trinajstić information content (AvgIpc) is 2.85. The van der Waals surface area contributed by atoms with E-state index < -0.39 is 0 Å². The molecule has 0 spiro atoms. The average molecular weight is 271 g/mol. The van der Waals surface area contributed by atoms with E-state index in [0.717, 1.165) is 19.4 Å². The lowest BCUT2D eigenvalue weighted by Crippen LogP contribution is -2.27. The molecule has 1 aliphatic rings. The lowest BCUT2D eigenvalue weighted by molar-refractivity contribution is 0.474. The Balaban J connectivity index is 1.99. The smallest absolute Gasteiger partial charge is 0.146 e. The van der Waals surface area contributed by atoms with E-state index in [4.69, 9.17) is 0 Å².